The summed E-state index contributed by atoms with van der Waals surface area (Å²) in [6, 6.07) is 6.30. The molecule has 0 bridgehead atoms. The Bertz CT molecular complexity index is 770. The maximum atomic E-state index is 12.9. The summed E-state index contributed by atoms with van der Waals surface area (Å²) in [7, 11) is 0. The van der Waals surface area contributed by atoms with Crippen LogP contribution >= 0.6 is 0 Å². The minimum absolute atomic E-state index is 0.0191. The van der Waals surface area contributed by atoms with E-state index in [1.807, 2.05) is 6.07 Å². The van der Waals surface area contributed by atoms with E-state index in [1.54, 1.807) is 13.8 Å². The largest absolute Gasteiger partial charge is 0.434 e. The fraction of sp³-hybridized carbons (Fsp3) is 0.312. The fourth-order valence-electron chi connectivity index (χ4n) is 2.24. The smallest absolute Gasteiger partial charge is 0.328 e. The lowest BCUT2D eigenvalue weighted by molar-refractivity contribution is -0.140. The Morgan fingerprint density at radius 2 is 2.09 bits per heavy atom. The first-order valence-electron chi connectivity index (χ1n) is 6.91. The minimum Gasteiger partial charge on any atom is -0.328 e. The van der Waals surface area contributed by atoms with Gasteiger partial charge in [0.2, 0.25) is 0 Å². The zero-order chi connectivity index (χ0) is 17.2. The van der Waals surface area contributed by atoms with Crippen molar-refractivity contribution >= 4 is 6.29 Å². The Hall–Kier alpha value is -2.62. The summed E-state index contributed by atoms with van der Waals surface area (Å²) in [4.78, 5) is 14.4. The molecule has 4 nitrogen and oxygen atoms in total. The quantitative estimate of drug-likeness (QED) is 0.806. The predicted octanol–water partition coefficient (Wildman–Crippen LogP) is 3.76. The van der Waals surface area contributed by atoms with Crippen molar-refractivity contribution in [3.05, 3.63) is 41.2 Å². The number of nitrogens with zero attached hydrogens (tertiary/aromatic N) is 3. The first-order valence-corrected chi connectivity index (χ1v) is 6.91. The molecule has 0 aliphatic heterocycles. The predicted molar refractivity (Wildman–Crippen MR) is 77.5 cm³/mol. The van der Waals surface area contributed by atoms with Gasteiger partial charge in [0.25, 0.3) is 0 Å². The van der Waals surface area contributed by atoms with Gasteiger partial charge in [0.15, 0.2) is 5.69 Å². The third-order valence-corrected chi connectivity index (χ3v) is 3.37. The molecule has 0 radical (unpaired) electrons. The van der Waals surface area contributed by atoms with Crippen molar-refractivity contribution in [2.24, 2.45) is 0 Å². The van der Waals surface area contributed by atoms with Gasteiger partial charge in [-0.3, -0.25) is 0 Å². The standard InChI is InChI=1S/C16H14F3N3O/c1-10(2)22-9-14(16(17,18)19)21-15(22)12-3-4-13(8-20)11(7-12)5-6-23/h3-4,6-7,9-10H,5H2,1-2H3. The molecule has 0 atom stereocenters. The molecule has 2 rings (SSSR count). The summed E-state index contributed by atoms with van der Waals surface area (Å²) < 4.78 is 40.2. The second-order valence-electron chi connectivity index (χ2n) is 5.30. The summed E-state index contributed by atoms with van der Waals surface area (Å²) in [5.74, 6) is 0.156. The molecular formula is C16H14F3N3O. The number of aromatic nitrogens is 2. The molecule has 1 aromatic heterocycles. The number of rotatable bonds is 4. The SMILES string of the molecule is CC(C)n1cc(C(F)(F)F)nc1-c1ccc(C#N)c(CC=O)c1. The van der Waals surface area contributed by atoms with E-state index < -0.39 is 11.9 Å². The lowest BCUT2D eigenvalue weighted by Crippen LogP contribution is -2.05. The van der Waals surface area contributed by atoms with Crippen LogP contribution in [0, 0.1) is 11.3 Å². The molecule has 23 heavy (non-hydrogen) atoms. The topological polar surface area (TPSA) is 58.7 Å². The summed E-state index contributed by atoms with van der Waals surface area (Å²) in [6.45, 7) is 3.50. The van der Waals surface area contributed by atoms with Gasteiger partial charge in [-0.25, -0.2) is 4.98 Å². The molecule has 0 amide bonds. The van der Waals surface area contributed by atoms with Crippen LogP contribution in [0.3, 0.4) is 0 Å². The van der Waals surface area contributed by atoms with Gasteiger partial charge in [0.05, 0.1) is 11.6 Å². The van der Waals surface area contributed by atoms with Gasteiger partial charge in [0, 0.05) is 24.2 Å². The number of carbonyl (C=O) groups is 1. The molecule has 0 spiro atoms. The molecule has 1 heterocycles. The highest BCUT2D eigenvalue weighted by Gasteiger charge is 2.35. The maximum Gasteiger partial charge on any atom is 0.434 e. The molecule has 2 aromatic rings. The summed E-state index contributed by atoms with van der Waals surface area (Å²) >= 11 is 0. The molecule has 7 heteroatoms. The summed E-state index contributed by atoms with van der Waals surface area (Å²) in [5, 5.41) is 9.02. The van der Waals surface area contributed by atoms with E-state index in [4.69, 9.17) is 5.26 Å². The molecule has 0 saturated carbocycles. The van der Waals surface area contributed by atoms with Crippen molar-refractivity contribution in [1.82, 2.24) is 9.55 Å². The Balaban J connectivity index is 2.61. The molecule has 0 aliphatic carbocycles. The summed E-state index contributed by atoms with van der Waals surface area (Å²) in [5.41, 5.74) is 0.249. The molecule has 1 aromatic carbocycles. The van der Waals surface area contributed by atoms with Crippen LogP contribution in [0.15, 0.2) is 24.4 Å². The zero-order valence-corrected chi connectivity index (χ0v) is 12.6. The molecule has 0 aliphatic rings. The molecule has 0 fully saturated rings. The normalized spacial score (nSPS) is 11.5. The number of carbonyl (C=O) groups excluding carboxylic acids is 1. The lowest BCUT2D eigenvalue weighted by Gasteiger charge is -2.12. The van der Waals surface area contributed by atoms with Crippen molar-refractivity contribution < 1.29 is 18.0 Å². The van der Waals surface area contributed by atoms with Gasteiger partial charge >= 0.3 is 6.18 Å². The van der Waals surface area contributed by atoms with E-state index in [-0.39, 0.29) is 18.3 Å². The van der Waals surface area contributed by atoms with Gasteiger partial charge in [-0.05, 0) is 37.6 Å². The third-order valence-electron chi connectivity index (χ3n) is 3.37. The average molecular weight is 321 g/mol. The van der Waals surface area contributed by atoms with Crippen molar-refractivity contribution in [3.63, 3.8) is 0 Å². The summed E-state index contributed by atoms with van der Waals surface area (Å²) in [6.07, 6.45) is -2.90. The van der Waals surface area contributed by atoms with Crippen LogP contribution in [-0.2, 0) is 17.4 Å². The Morgan fingerprint density at radius 3 is 2.61 bits per heavy atom. The second kappa shape index (κ2) is 6.24. The van der Waals surface area contributed by atoms with E-state index in [9.17, 15) is 18.0 Å². The number of hydrogen-bond acceptors (Lipinski definition) is 3. The number of aldehydes is 1. The average Bonchev–Trinajstić information content (AvgIpc) is 2.93. The lowest BCUT2D eigenvalue weighted by atomic mass is 10.0. The monoisotopic (exact) mass is 321 g/mol. The number of benzene rings is 1. The number of hydrogen-bond donors (Lipinski definition) is 0. The molecule has 0 unspecified atom stereocenters. The van der Waals surface area contributed by atoms with Crippen molar-refractivity contribution in [3.8, 4) is 17.5 Å². The number of nitriles is 1. The Labute approximate surface area is 131 Å². The van der Waals surface area contributed by atoms with Crippen LogP contribution < -0.4 is 0 Å². The van der Waals surface area contributed by atoms with Gasteiger partial charge < -0.3 is 9.36 Å². The van der Waals surface area contributed by atoms with Crippen molar-refractivity contribution in [1.29, 1.82) is 5.26 Å². The second-order valence-corrected chi connectivity index (χ2v) is 5.30. The van der Waals surface area contributed by atoms with E-state index in [2.05, 4.69) is 4.98 Å². The van der Waals surface area contributed by atoms with E-state index >= 15 is 0 Å². The van der Waals surface area contributed by atoms with Crippen molar-refractivity contribution in [2.45, 2.75) is 32.5 Å². The van der Waals surface area contributed by atoms with Gasteiger partial charge in [-0.2, -0.15) is 18.4 Å². The molecular weight excluding hydrogens is 307 g/mol. The first kappa shape index (κ1) is 16.7. The molecule has 0 saturated heterocycles. The van der Waals surface area contributed by atoms with Crippen LogP contribution in [0.4, 0.5) is 13.2 Å². The number of halogens is 3. The number of imidazole rings is 1. The third kappa shape index (κ3) is 3.42. The van der Waals surface area contributed by atoms with Gasteiger partial charge in [0.1, 0.15) is 12.1 Å². The maximum absolute atomic E-state index is 12.9. The Morgan fingerprint density at radius 1 is 1.39 bits per heavy atom. The van der Waals surface area contributed by atoms with E-state index in [1.165, 1.54) is 22.8 Å². The first-order chi connectivity index (χ1) is 10.8. The van der Waals surface area contributed by atoms with Crippen molar-refractivity contribution in [2.75, 3.05) is 0 Å². The van der Waals surface area contributed by atoms with Gasteiger partial charge in [-0.1, -0.05) is 0 Å². The Kier molecular flexibility index (Phi) is 4.55. The van der Waals surface area contributed by atoms with Crippen LogP contribution in [0.25, 0.3) is 11.4 Å². The van der Waals surface area contributed by atoms with Gasteiger partial charge in [-0.15, -0.1) is 0 Å². The highest BCUT2D eigenvalue weighted by atomic mass is 19.4. The highest BCUT2D eigenvalue weighted by Crippen LogP contribution is 2.33. The van der Waals surface area contributed by atoms with E-state index in [0.717, 1.165) is 6.20 Å². The van der Waals surface area contributed by atoms with Crippen LogP contribution in [0.5, 0.6) is 0 Å². The fourth-order valence-corrected chi connectivity index (χ4v) is 2.24. The molecule has 0 N–H and O–H groups in total. The van der Waals surface area contributed by atoms with Crippen LogP contribution in [-0.4, -0.2) is 15.8 Å². The van der Waals surface area contributed by atoms with Crippen LogP contribution in [0.1, 0.15) is 36.7 Å². The van der Waals surface area contributed by atoms with Crippen LogP contribution in [0.2, 0.25) is 0 Å². The zero-order valence-electron chi connectivity index (χ0n) is 12.6. The van der Waals surface area contributed by atoms with E-state index in [0.29, 0.717) is 23.0 Å². The highest BCUT2D eigenvalue weighted by molar-refractivity contribution is 5.64. The molecule has 120 valence electrons. The number of alkyl halides is 3. The minimum atomic E-state index is -4.53.